The lowest BCUT2D eigenvalue weighted by atomic mass is 9.95. The molecule has 0 aliphatic carbocycles. The first-order valence-electron chi connectivity index (χ1n) is 11.3. The summed E-state index contributed by atoms with van der Waals surface area (Å²) in [7, 11) is -3.52. The molecule has 2 aliphatic heterocycles. The molecule has 0 amide bonds. The molecule has 0 spiro atoms. The maximum absolute atomic E-state index is 15.1. The molecule has 2 aliphatic rings. The largest absolute Gasteiger partial charge is 0.371 e. The number of anilines is 1. The van der Waals surface area contributed by atoms with Crippen LogP contribution in [0, 0.1) is 17.1 Å². The second kappa shape index (κ2) is 9.79. The molecule has 2 aromatic carbocycles. The molecule has 178 valence electrons. The van der Waals surface area contributed by atoms with Crippen molar-refractivity contribution in [2.75, 3.05) is 24.5 Å². The van der Waals surface area contributed by atoms with Crippen LogP contribution in [0.5, 0.6) is 0 Å². The summed E-state index contributed by atoms with van der Waals surface area (Å²) in [6.07, 6.45) is 1.51. The first kappa shape index (κ1) is 23.7. The monoisotopic (exact) mass is 474 g/mol. The van der Waals surface area contributed by atoms with Gasteiger partial charge in [-0.1, -0.05) is 36.4 Å². The van der Waals surface area contributed by atoms with E-state index in [4.69, 9.17) is 10.6 Å². The number of nitrogens with one attached hydrogen (secondary N) is 3. The zero-order chi connectivity index (χ0) is 23.6. The molecule has 7 nitrogen and oxygen atoms in total. The summed E-state index contributed by atoms with van der Waals surface area (Å²) in [6.45, 7) is 3.51. The number of halogens is 1. The average molecular weight is 475 g/mol. The first-order valence-corrected chi connectivity index (χ1v) is 12.9. The molecule has 0 radical (unpaired) electrons. The van der Waals surface area contributed by atoms with E-state index >= 15 is 4.39 Å². The van der Waals surface area contributed by atoms with Crippen molar-refractivity contribution in [1.29, 1.82) is 5.41 Å². The summed E-state index contributed by atoms with van der Waals surface area (Å²) >= 11 is 0. The number of amidine groups is 1. The van der Waals surface area contributed by atoms with Crippen LogP contribution in [0.4, 0.5) is 10.1 Å². The maximum atomic E-state index is 15.1. The predicted molar refractivity (Wildman–Crippen MR) is 127 cm³/mol. The standard InChI is InChI=1S/C24H31FN4O3S/c1-16-22(33(31,32)23(15-27-16)17-5-3-2-4-6-17)13-19-7-8-20(14-21(19)25)29-11-9-18(10-12-29)24(26)28-30/h2-8,14,16,18,22-23,27,30H,9-13,15H2,1H3,(H2,26,28)/t16-,22?,23?/m0/s1. The Labute approximate surface area is 194 Å². The number of rotatable bonds is 5. The first-order chi connectivity index (χ1) is 15.8. The van der Waals surface area contributed by atoms with Gasteiger partial charge in [-0.3, -0.25) is 16.1 Å². The summed E-state index contributed by atoms with van der Waals surface area (Å²) in [4.78, 5) is 2.06. The number of hydrogen-bond donors (Lipinski definition) is 4. The average Bonchev–Trinajstić information content (AvgIpc) is 2.82. The van der Waals surface area contributed by atoms with E-state index in [1.807, 2.05) is 48.8 Å². The second-order valence-electron chi connectivity index (χ2n) is 8.99. The Hall–Kier alpha value is -2.49. The minimum atomic E-state index is -3.52. The molecular weight excluding hydrogens is 443 g/mol. The molecule has 2 heterocycles. The Bertz CT molecular complexity index is 1090. The van der Waals surface area contributed by atoms with E-state index < -0.39 is 26.2 Å². The van der Waals surface area contributed by atoms with Gasteiger partial charge in [0.1, 0.15) is 11.7 Å². The Morgan fingerprint density at radius 1 is 1.21 bits per heavy atom. The smallest absolute Gasteiger partial charge is 0.163 e. The van der Waals surface area contributed by atoms with E-state index in [1.54, 1.807) is 6.07 Å². The van der Waals surface area contributed by atoms with Gasteiger partial charge < -0.3 is 10.2 Å². The minimum absolute atomic E-state index is 0.0292. The van der Waals surface area contributed by atoms with Crippen molar-refractivity contribution in [2.24, 2.45) is 5.92 Å². The van der Waals surface area contributed by atoms with Crippen LogP contribution in [0.15, 0.2) is 48.5 Å². The number of hydroxylamine groups is 1. The fraction of sp³-hybridized carbons (Fsp3) is 0.458. The molecule has 4 rings (SSSR count). The van der Waals surface area contributed by atoms with Crippen molar-refractivity contribution < 1.29 is 18.0 Å². The summed E-state index contributed by atoms with van der Waals surface area (Å²) in [6, 6.07) is 13.9. The molecule has 0 saturated carbocycles. The van der Waals surface area contributed by atoms with Crippen LogP contribution in [0.1, 0.15) is 36.1 Å². The molecule has 0 aromatic heterocycles. The van der Waals surface area contributed by atoms with Gasteiger partial charge in [0.25, 0.3) is 0 Å². The van der Waals surface area contributed by atoms with Crippen LogP contribution in [-0.4, -0.2) is 50.4 Å². The molecule has 2 aromatic rings. The Morgan fingerprint density at radius 3 is 2.55 bits per heavy atom. The fourth-order valence-electron chi connectivity index (χ4n) is 4.94. The molecular formula is C24H31FN4O3S. The van der Waals surface area contributed by atoms with Gasteiger partial charge in [0.05, 0.1) is 10.5 Å². The highest BCUT2D eigenvalue weighted by Gasteiger charge is 2.42. The van der Waals surface area contributed by atoms with Crippen LogP contribution in [0.3, 0.4) is 0 Å². The van der Waals surface area contributed by atoms with Gasteiger partial charge >= 0.3 is 0 Å². The Kier molecular flexibility index (Phi) is 7.02. The molecule has 2 unspecified atom stereocenters. The number of piperidine rings is 1. The summed E-state index contributed by atoms with van der Waals surface area (Å²) in [5.41, 5.74) is 3.82. The summed E-state index contributed by atoms with van der Waals surface area (Å²) in [5.74, 6) is -0.316. The molecule has 2 saturated heterocycles. The van der Waals surface area contributed by atoms with Crippen molar-refractivity contribution in [3.8, 4) is 0 Å². The maximum Gasteiger partial charge on any atom is 0.163 e. The quantitative estimate of drug-likeness (QED) is 0.302. The zero-order valence-corrected chi connectivity index (χ0v) is 19.5. The topological polar surface area (TPSA) is 106 Å². The molecule has 33 heavy (non-hydrogen) atoms. The highest BCUT2D eigenvalue weighted by atomic mass is 32.2. The number of benzene rings is 2. The lowest BCUT2D eigenvalue weighted by molar-refractivity contribution is 0.223. The van der Waals surface area contributed by atoms with Gasteiger partial charge in [-0.25, -0.2) is 12.8 Å². The third-order valence-electron chi connectivity index (χ3n) is 7.02. The van der Waals surface area contributed by atoms with Gasteiger partial charge in [0.2, 0.25) is 0 Å². The van der Waals surface area contributed by atoms with Crippen LogP contribution < -0.4 is 15.7 Å². The number of hydrogen-bond acceptors (Lipinski definition) is 6. The zero-order valence-electron chi connectivity index (χ0n) is 18.7. The third kappa shape index (κ3) is 4.90. The van der Waals surface area contributed by atoms with Gasteiger partial charge in [0, 0.05) is 37.3 Å². The van der Waals surface area contributed by atoms with Crippen molar-refractivity contribution in [3.05, 3.63) is 65.5 Å². The molecule has 0 bridgehead atoms. The van der Waals surface area contributed by atoms with E-state index in [0.29, 0.717) is 38.0 Å². The van der Waals surface area contributed by atoms with Gasteiger partial charge in [-0.2, -0.15) is 0 Å². The predicted octanol–water partition coefficient (Wildman–Crippen LogP) is 3.06. The van der Waals surface area contributed by atoms with Crippen molar-refractivity contribution in [3.63, 3.8) is 0 Å². The summed E-state index contributed by atoms with van der Waals surface area (Å²) < 4.78 is 42.0. The van der Waals surface area contributed by atoms with Gasteiger partial charge in [0.15, 0.2) is 9.84 Å². The highest BCUT2D eigenvalue weighted by molar-refractivity contribution is 7.92. The van der Waals surface area contributed by atoms with Gasteiger partial charge in [-0.05, 0) is 49.4 Å². The molecule has 4 N–H and O–H groups in total. The minimum Gasteiger partial charge on any atom is -0.371 e. The van der Waals surface area contributed by atoms with Crippen molar-refractivity contribution >= 4 is 21.4 Å². The van der Waals surface area contributed by atoms with E-state index in [-0.39, 0.29) is 24.2 Å². The summed E-state index contributed by atoms with van der Waals surface area (Å²) in [5, 5.41) is 18.6. The Morgan fingerprint density at radius 2 is 1.91 bits per heavy atom. The second-order valence-corrected chi connectivity index (χ2v) is 11.3. The normalized spacial score (nSPS) is 25.5. The third-order valence-corrected chi connectivity index (χ3v) is 9.67. The SMILES string of the molecule is C[C@@H]1NCC(c2ccccc2)S(=O)(=O)C1Cc1ccc(N2CCC(C(=N)NO)CC2)cc1F. The lowest BCUT2D eigenvalue weighted by Gasteiger charge is -2.36. The van der Waals surface area contributed by atoms with Crippen molar-refractivity contribution in [1.82, 2.24) is 10.8 Å². The van der Waals surface area contributed by atoms with Crippen molar-refractivity contribution in [2.45, 2.75) is 42.7 Å². The van der Waals surface area contributed by atoms with E-state index in [0.717, 1.165) is 11.3 Å². The van der Waals surface area contributed by atoms with E-state index in [9.17, 15) is 8.42 Å². The molecule has 9 heteroatoms. The van der Waals surface area contributed by atoms with Crippen LogP contribution >= 0.6 is 0 Å². The fourth-order valence-corrected chi connectivity index (χ4v) is 7.30. The van der Waals surface area contributed by atoms with E-state index in [2.05, 4.69) is 10.2 Å². The number of sulfone groups is 1. The molecule has 3 atom stereocenters. The lowest BCUT2D eigenvalue weighted by Crippen LogP contribution is -2.53. The highest BCUT2D eigenvalue weighted by Crippen LogP contribution is 2.33. The Balaban J connectivity index is 1.49. The molecule has 2 fully saturated rings. The van der Waals surface area contributed by atoms with Crippen LogP contribution in [0.25, 0.3) is 0 Å². The van der Waals surface area contributed by atoms with Gasteiger partial charge in [-0.15, -0.1) is 0 Å². The van der Waals surface area contributed by atoms with E-state index in [1.165, 1.54) is 6.07 Å². The number of nitrogens with zero attached hydrogens (tertiary/aromatic N) is 1. The van der Waals surface area contributed by atoms with Crippen LogP contribution in [-0.2, 0) is 16.3 Å². The van der Waals surface area contributed by atoms with Crippen LogP contribution in [0.2, 0.25) is 0 Å².